The van der Waals surface area contributed by atoms with Crippen LogP contribution < -0.4 is 9.64 Å². The molecule has 2 aromatic heterocycles. The Labute approximate surface area is 287 Å². The molecule has 0 bridgehead atoms. The summed E-state index contributed by atoms with van der Waals surface area (Å²) in [4.78, 5) is 8.39. The summed E-state index contributed by atoms with van der Waals surface area (Å²) in [5.74, 6) is 1.17. The van der Waals surface area contributed by atoms with Gasteiger partial charge in [0.1, 0.15) is 0 Å². The van der Waals surface area contributed by atoms with E-state index < -0.39 is 0 Å². The average Bonchev–Trinajstić information content (AvgIpc) is 3.68. The molecule has 0 N–H and O–H groups in total. The first-order valence-electron chi connectivity index (χ1n) is 13.2. The van der Waals surface area contributed by atoms with E-state index in [0.29, 0.717) is 22.8 Å². The molecule has 3 heterocycles. The molecular weight excluding hydrogens is 907 g/mol. The molecule has 1 aliphatic rings. The summed E-state index contributed by atoms with van der Waals surface area (Å²) >= 11 is 0. The first-order valence-corrected chi connectivity index (χ1v) is 13.2. The molecule has 0 unspecified atom stereocenters. The predicted octanol–water partition coefficient (Wildman–Crippen LogP) is 7.58. The Bertz CT molecular complexity index is 1860. The molecule has 0 fully saturated rings. The Morgan fingerprint density at radius 1 is 0.795 bits per heavy atom. The fourth-order valence-corrected chi connectivity index (χ4v) is 4.33. The predicted molar refractivity (Wildman–Crippen MR) is 164 cm³/mol. The quantitative estimate of drug-likeness (QED) is 0.132. The van der Waals surface area contributed by atoms with Crippen molar-refractivity contribution in [3.63, 3.8) is 0 Å². The van der Waals surface area contributed by atoms with Crippen LogP contribution in [0.3, 0.4) is 0 Å². The Kier molecular flexibility index (Phi) is 11.4. The first-order chi connectivity index (χ1) is 20.6. The number of ether oxygens (including phenoxy) is 1. The topological polar surface area (TPSA) is 33.5 Å². The Hall–Kier alpha value is -4.35. The van der Waals surface area contributed by atoms with Crippen molar-refractivity contribution >= 4 is 16.5 Å². The van der Waals surface area contributed by atoms with E-state index in [4.69, 9.17) is 11.2 Å². The number of nitrogens with zero attached hydrogens (tertiary/aromatic N) is 4. The first kappa shape index (κ1) is 32.6. The molecule has 6 aromatic rings. The third-order valence-corrected chi connectivity index (χ3v) is 6.35. The zero-order valence-electron chi connectivity index (χ0n) is 23.4. The number of rotatable bonds is 5. The molecule has 5 nitrogen and oxygen atoms in total. The molecule has 1 aliphatic heterocycles. The van der Waals surface area contributed by atoms with Crippen LogP contribution in [0.15, 0.2) is 116 Å². The molecule has 0 amide bonds. The van der Waals surface area contributed by atoms with E-state index in [9.17, 15) is 0 Å². The molecule has 0 saturated heterocycles. The van der Waals surface area contributed by atoms with Crippen molar-refractivity contribution in [2.45, 2.75) is 0 Å². The van der Waals surface area contributed by atoms with Crippen molar-refractivity contribution in [2.75, 3.05) is 11.9 Å². The molecule has 0 radical (unpaired) electrons. The minimum absolute atomic E-state index is 0. The van der Waals surface area contributed by atoms with Gasteiger partial charge in [0.15, 0.2) is 0 Å². The standard InChI is InChI=1S/C27H17N3O.C10H6N.2Pt/c1-29-15-16-30(20-29)24-10-6-12-26(19-24)31-25-11-5-9-23(17-25)27-18-22(13-14-28-27)21-7-3-2-4-8-21;1-2-11-7-9-5-3-4-6-10(9)8-11;;/h2-7,10-16,20H,1H3;3-8H;;/q-6;-1;;+4. The minimum Gasteiger partial charge on any atom is -0.669 e. The number of fused-ring (bicyclic) bond motifs is 1. The molecule has 0 spiro atoms. The second-order valence-corrected chi connectivity index (χ2v) is 9.35. The molecule has 0 saturated carbocycles. The van der Waals surface area contributed by atoms with Gasteiger partial charge < -0.3 is 42.1 Å². The molecule has 7 rings (SSSR count). The maximum Gasteiger partial charge on any atom is 4.00 e. The van der Waals surface area contributed by atoms with E-state index in [1.54, 1.807) is 16.8 Å². The summed E-state index contributed by atoms with van der Waals surface area (Å²) in [7, 11) is 1.98. The molecule has 0 atom stereocenters. The van der Waals surface area contributed by atoms with Crippen LogP contribution in [0.2, 0.25) is 0 Å². The average molecular weight is 930 g/mol. The van der Waals surface area contributed by atoms with Gasteiger partial charge in [0.05, 0.1) is 0 Å². The molecule has 220 valence electrons. The van der Waals surface area contributed by atoms with Crippen molar-refractivity contribution in [3.8, 4) is 39.9 Å². The second kappa shape index (κ2) is 15.4. The summed E-state index contributed by atoms with van der Waals surface area (Å²) < 4.78 is 7.64. The van der Waals surface area contributed by atoms with E-state index in [2.05, 4.69) is 41.4 Å². The van der Waals surface area contributed by atoms with Crippen molar-refractivity contribution in [1.29, 1.82) is 0 Å². The minimum atomic E-state index is 0. The zero-order chi connectivity index (χ0) is 28.7. The van der Waals surface area contributed by atoms with Crippen LogP contribution in [0.4, 0.5) is 5.69 Å². The number of benzene rings is 4. The van der Waals surface area contributed by atoms with Crippen LogP contribution in [-0.2, 0) is 42.1 Å². The largest absolute Gasteiger partial charge is 4.00 e. The fourth-order valence-electron chi connectivity index (χ4n) is 4.33. The van der Waals surface area contributed by atoms with Crippen molar-refractivity contribution in [3.05, 3.63) is 159 Å². The van der Waals surface area contributed by atoms with E-state index in [1.807, 2.05) is 127 Å². The summed E-state index contributed by atoms with van der Waals surface area (Å²) in [5.41, 5.74) is 4.10. The van der Waals surface area contributed by atoms with Crippen molar-refractivity contribution < 1.29 is 46.9 Å². The van der Waals surface area contributed by atoms with Gasteiger partial charge in [0, 0.05) is 50.0 Å². The van der Waals surface area contributed by atoms with E-state index in [0.717, 1.165) is 27.6 Å². The van der Waals surface area contributed by atoms with Gasteiger partial charge in [-0.1, -0.05) is 30.0 Å². The normalized spacial score (nSPS) is 11.5. The SMILES string of the molecule is CN1C=CN(c2[c-]c(Oc3[c-]c(-c4[c-]c(-c5[c-]cccc5)ccn4)[c-]cc3)ccc2)[CH-]1.[C-]#Cn1cc2ccccc2c1.[Pt+4].[Pt]. The smallest absolute Gasteiger partial charge is 0.669 e. The number of anilines is 1. The summed E-state index contributed by atoms with van der Waals surface area (Å²) in [6.07, 6.45) is 16.3. The summed E-state index contributed by atoms with van der Waals surface area (Å²) in [5, 5.41) is 2.29. The van der Waals surface area contributed by atoms with Gasteiger partial charge >= 0.3 is 21.1 Å². The van der Waals surface area contributed by atoms with Gasteiger partial charge in [-0.3, -0.25) is 12.1 Å². The Morgan fingerprint density at radius 2 is 1.57 bits per heavy atom. The molecule has 44 heavy (non-hydrogen) atoms. The zero-order valence-corrected chi connectivity index (χ0v) is 27.9. The number of hydrogen-bond donors (Lipinski definition) is 0. The van der Waals surface area contributed by atoms with Gasteiger partial charge in [-0.2, -0.15) is 54.8 Å². The number of aromatic nitrogens is 2. The summed E-state index contributed by atoms with van der Waals surface area (Å²) in [6.45, 7) is 1.97. The monoisotopic (exact) mass is 929 g/mol. The molecule has 0 aliphatic carbocycles. The maximum atomic E-state index is 6.89. The third kappa shape index (κ3) is 7.97. The van der Waals surface area contributed by atoms with Crippen molar-refractivity contribution in [2.24, 2.45) is 0 Å². The molecular formula is C37H23N4OPt2-3. The van der Waals surface area contributed by atoms with Gasteiger partial charge in [-0.05, 0) is 25.6 Å². The van der Waals surface area contributed by atoms with Gasteiger partial charge in [-0.15, -0.1) is 30.0 Å². The second-order valence-electron chi connectivity index (χ2n) is 9.35. The fraction of sp³-hybridized carbons (Fsp3) is 0.0270. The van der Waals surface area contributed by atoms with E-state index in [1.165, 1.54) is 0 Å². The third-order valence-electron chi connectivity index (χ3n) is 6.35. The van der Waals surface area contributed by atoms with Gasteiger partial charge in [-0.25, -0.2) is 23.2 Å². The van der Waals surface area contributed by atoms with Crippen molar-refractivity contribution in [1.82, 2.24) is 14.5 Å². The number of pyridine rings is 1. The summed E-state index contributed by atoms with van der Waals surface area (Å²) in [6, 6.07) is 45.6. The molecule has 4 aromatic carbocycles. The van der Waals surface area contributed by atoms with Gasteiger partial charge in [0.2, 0.25) is 0 Å². The van der Waals surface area contributed by atoms with Crippen LogP contribution >= 0.6 is 0 Å². The van der Waals surface area contributed by atoms with Crippen LogP contribution in [0, 0.1) is 49.5 Å². The van der Waals surface area contributed by atoms with Crippen LogP contribution in [0.25, 0.3) is 33.2 Å². The Balaban J connectivity index is 0.000000287. The van der Waals surface area contributed by atoms with Gasteiger partial charge in [0.25, 0.3) is 0 Å². The van der Waals surface area contributed by atoms with Crippen LogP contribution in [0.5, 0.6) is 11.5 Å². The maximum absolute atomic E-state index is 6.89. The number of hydrogen-bond acceptors (Lipinski definition) is 4. The Morgan fingerprint density at radius 3 is 2.27 bits per heavy atom. The van der Waals surface area contributed by atoms with Crippen LogP contribution in [-0.4, -0.2) is 21.5 Å². The van der Waals surface area contributed by atoms with E-state index in [-0.39, 0.29) is 42.1 Å². The van der Waals surface area contributed by atoms with E-state index >= 15 is 0 Å². The molecule has 7 heteroatoms. The van der Waals surface area contributed by atoms with Crippen LogP contribution in [0.1, 0.15) is 0 Å².